The topological polar surface area (TPSA) is 113 Å². The summed E-state index contributed by atoms with van der Waals surface area (Å²) in [5.41, 5.74) is 3.14. The first-order valence-electron chi connectivity index (χ1n) is 13.9. The molecule has 0 bridgehead atoms. The molecule has 0 radical (unpaired) electrons. The first-order chi connectivity index (χ1) is 20.3. The number of nitrogens with zero attached hydrogens (tertiary/aromatic N) is 4. The maximum atomic E-state index is 13.3. The van der Waals surface area contributed by atoms with Gasteiger partial charge in [0.15, 0.2) is 6.61 Å². The minimum Gasteiger partial charge on any atom is -0.482 e. The van der Waals surface area contributed by atoms with Crippen molar-refractivity contribution in [1.82, 2.24) is 19.7 Å². The largest absolute Gasteiger partial charge is 0.482 e. The van der Waals surface area contributed by atoms with Crippen LogP contribution >= 0.6 is 11.8 Å². The van der Waals surface area contributed by atoms with Crippen molar-refractivity contribution in [3.63, 3.8) is 0 Å². The van der Waals surface area contributed by atoms with E-state index in [1.807, 2.05) is 60.4 Å². The second-order valence-corrected chi connectivity index (χ2v) is 11.4. The van der Waals surface area contributed by atoms with Gasteiger partial charge in [-0.2, -0.15) is 0 Å². The molecule has 2 saturated heterocycles. The van der Waals surface area contributed by atoms with Crippen molar-refractivity contribution in [3.05, 3.63) is 83.6 Å². The second-order valence-electron chi connectivity index (χ2n) is 10.4. The number of carbonyl (C=O) groups excluding carboxylic acids is 2. The predicted octanol–water partition coefficient (Wildman–Crippen LogP) is 5.21. The van der Waals surface area contributed by atoms with Gasteiger partial charge in [-0.1, -0.05) is 48.2 Å². The van der Waals surface area contributed by atoms with E-state index in [9.17, 15) is 14.4 Å². The number of benzene rings is 2. The average molecular weight is 591 g/mol. The molecule has 0 spiro atoms. The van der Waals surface area contributed by atoms with Gasteiger partial charge in [0.05, 0.1) is 19.7 Å². The van der Waals surface area contributed by atoms with Crippen LogP contribution in [0.1, 0.15) is 35.7 Å². The van der Waals surface area contributed by atoms with Crippen LogP contribution in [0.5, 0.6) is 5.75 Å². The molecule has 220 valence electrons. The van der Waals surface area contributed by atoms with Gasteiger partial charge in [-0.15, -0.1) is 0 Å². The van der Waals surface area contributed by atoms with Crippen molar-refractivity contribution in [2.75, 3.05) is 33.4 Å². The van der Waals surface area contributed by atoms with Crippen LogP contribution in [0, 0.1) is 6.92 Å². The zero-order valence-corrected chi connectivity index (χ0v) is 24.5. The Morgan fingerprint density at radius 3 is 2.38 bits per heavy atom. The van der Waals surface area contributed by atoms with Gasteiger partial charge >= 0.3 is 18.1 Å². The summed E-state index contributed by atoms with van der Waals surface area (Å²) in [6.45, 7) is 4.37. The van der Waals surface area contributed by atoms with Gasteiger partial charge in [-0.05, 0) is 61.2 Å². The molecule has 1 N–H and O–H groups in total. The highest BCUT2D eigenvalue weighted by Crippen LogP contribution is 2.35. The van der Waals surface area contributed by atoms with Crippen LogP contribution in [0.2, 0.25) is 0 Å². The third-order valence-corrected chi connectivity index (χ3v) is 8.59. The Morgan fingerprint density at radius 2 is 1.74 bits per heavy atom. The number of likely N-dealkylation sites (tertiary alicyclic amines) is 1. The number of carboxylic acids is 1. The quantitative estimate of drug-likeness (QED) is 0.359. The van der Waals surface area contributed by atoms with Crippen LogP contribution in [0.4, 0.5) is 9.59 Å². The van der Waals surface area contributed by atoms with Crippen molar-refractivity contribution >= 4 is 29.9 Å². The lowest BCUT2D eigenvalue weighted by molar-refractivity contribution is -0.139. The van der Waals surface area contributed by atoms with Crippen LogP contribution in [0.25, 0.3) is 0 Å². The van der Waals surface area contributed by atoms with Gasteiger partial charge in [-0.3, -0.25) is 4.90 Å². The summed E-state index contributed by atoms with van der Waals surface area (Å²) in [6.07, 6.45) is 1.01. The van der Waals surface area contributed by atoms with E-state index in [0.717, 1.165) is 59.2 Å². The molecule has 2 aromatic carbocycles. The highest BCUT2D eigenvalue weighted by Gasteiger charge is 2.45. The Hall–Kier alpha value is -4.09. The standard InChI is InChI=1S/C31H34N4O6S/c1-21-23(8-13-28(32-21)42-26-11-9-25(10-12-26)41-20-29(36)37)18-33-16-14-24(15-17-33)35-27(22-6-4-3-5-7-22)19-34(30(35)38)31(39)40-2/h3-13,24,27H,14-20H2,1-2H3,(H,36,37). The van der Waals surface area contributed by atoms with Crippen molar-refractivity contribution in [2.24, 2.45) is 0 Å². The van der Waals surface area contributed by atoms with Crippen LogP contribution < -0.4 is 4.74 Å². The Bertz CT molecular complexity index is 1410. The van der Waals surface area contributed by atoms with Crippen LogP contribution in [-0.2, 0) is 16.1 Å². The molecule has 0 aliphatic carbocycles. The van der Waals surface area contributed by atoms with Crippen molar-refractivity contribution in [2.45, 2.75) is 48.3 Å². The summed E-state index contributed by atoms with van der Waals surface area (Å²) in [5.74, 6) is -0.501. The molecule has 1 atom stereocenters. The summed E-state index contributed by atoms with van der Waals surface area (Å²) in [5, 5.41) is 9.63. The number of rotatable bonds is 9. The van der Waals surface area contributed by atoms with E-state index in [1.165, 1.54) is 23.8 Å². The van der Waals surface area contributed by atoms with Gasteiger partial charge in [0.2, 0.25) is 0 Å². The van der Waals surface area contributed by atoms with Crippen LogP contribution in [-0.4, -0.2) is 82.3 Å². The second kappa shape index (κ2) is 13.3. The molecule has 1 aromatic heterocycles. The third kappa shape index (κ3) is 6.85. The number of methoxy groups -OCH3 is 1. The summed E-state index contributed by atoms with van der Waals surface area (Å²) >= 11 is 1.54. The minimum atomic E-state index is -1.01. The number of aromatic nitrogens is 1. The van der Waals surface area contributed by atoms with Crippen LogP contribution in [0.3, 0.4) is 0 Å². The SMILES string of the molecule is COC(=O)N1CC(c2ccccc2)N(C2CCN(Cc3ccc(Sc4ccc(OCC(=O)O)cc4)nc3C)CC2)C1=O. The first-order valence-corrected chi connectivity index (χ1v) is 14.7. The fraction of sp³-hybridized carbons (Fsp3) is 0.355. The highest BCUT2D eigenvalue weighted by atomic mass is 32.2. The summed E-state index contributed by atoms with van der Waals surface area (Å²) < 4.78 is 10.1. The Morgan fingerprint density at radius 1 is 1.02 bits per heavy atom. The lowest BCUT2D eigenvalue weighted by Gasteiger charge is -2.39. The number of imide groups is 1. The molecule has 1 unspecified atom stereocenters. The summed E-state index contributed by atoms with van der Waals surface area (Å²) in [6, 6.07) is 20.8. The average Bonchev–Trinajstić information content (AvgIpc) is 3.35. The van der Waals surface area contributed by atoms with E-state index in [1.54, 1.807) is 12.1 Å². The van der Waals surface area contributed by atoms with Gasteiger partial charge in [-0.25, -0.2) is 24.3 Å². The fourth-order valence-corrected chi connectivity index (χ4v) is 6.32. The molecule has 0 saturated carbocycles. The lowest BCUT2D eigenvalue weighted by atomic mass is 9.98. The van der Waals surface area contributed by atoms with E-state index < -0.39 is 12.1 Å². The number of piperidine rings is 1. The normalized spacial score (nSPS) is 17.9. The Labute approximate surface area is 249 Å². The van der Waals surface area contributed by atoms with Crippen LogP contribution in [0.15, 0.2) is 76.7 Å². The number of ether oxygens (including phenoxy) is 2. The monoisotopic (exact) mass is 590 g/mol. The number of carbonyl (C=O) groups is 3. The fourth-order valence-electron chi connectivity index (χ4n) is 5.48. The molecule has 2 aliphatic rings. The summed E-state index contributed by atoms with van der Waals surface area (Å²) in [4.78, 5) is 47.6. The molecule has 2 aliphatic heterocycles. The maximum Gasteiger partial charge on any atom is 0.417 e. The summed E-state index contributed by atoms with van der Waals surface area (Å²) in [7, 11) is 1.30. The molecule has 10 nitrogen and oxygen atoms in total. The van der Waals surface area contributed by atoms with Gasteiger partial charge in [0.25, 0.3) is 0 Å². The number of aliphatic carboxylic acids is 1. The molecule has 2 fully saturated rings. The molecular weight excluding hydrogens is 556 g/mol. The molecule has 42 heavy (non-hydrogen) atoms. The third-order valence-electron chi connectivity index (χ3n) is 7.65. The number of aryl methyl sites for hydroxylation is 1. The molecule has 3 heterocycles. The number of pyridine rings is 1. The minimum absolute atomic E-state index is 0.0347. The van der Waals surface area contributed by atoms with Crippen molar-refractivity contribution in [3.8, 4) is 5.75 Å². The van der Waals surface area contributed by atoms with Gasteiger partial charge in [0, 0.05) is 36.3 Å². The van der Waals surface area contributed by atoms with Crippen molar-refractivity contribution < 1.29 is 29.0 Å². The first kappa shape index (κ1) is 29.4. The zero-order valence-electron chi connectivity index (χ0n) is 23.6. The van der Waals surface area contributed by atoms with E-state index in [4.69, 9.17) is 19.6 Å². The molecule has 3 amide bonds. The molecule has 5 rings (SSSR count). The van der Waals surface area contributed by atoms with Gasteiger partial charge < -0.3 is 19.5 Å². The van der Waals surface area contributed by atoms with E-state index in [0.29, 0.717) is 5.75 Å². The van der Waals surface area contributed by atoms with E-state index in [2.05, 4.69) is 11.0 Å². The number of amides is 3. The number of urea groups is 1. The van der Waals surface area contributed by atoms with E-state index >= 15 is 0 Å². The van der Waals surface area contributed by atoms with Crippen molar-refractivity contribution in [1.29, 1.82) is 0 Å². The Kier molecular flexibility index (Phi) is 9.28. The van der Waals surface area contributed by atoms with E-state index in [-0.39, 0.29) is 31.3 Å². The number of hydrogen-bond donors (Lipinski definition) is 1. The van der Waals surface area contributed by atoms with Gasteiger partial charge in [0.1, 0.15) is 10.8 Å². The molecule has 3 aromatic rings. The molecule has 11 heteroatoms. The smallest absolute Gasteiger partial charge is 0.417 e. The number of carboxylic acid groups (broad SMARTS) is 1. The lowest BCUT2D eigenvalue weighted by Crippen LogP contribution is -2.47. The Balaban J connectivity index is 1.18. The maximum absolute atomic E-state index is 13.3. The highest BCUT2D eigenvalue weighted by molar-refractivity contribution is 7.99. The number of hydrogen-bond acceptors (Lipinski definition) is 8. The predicted molar refractivity (Wildman–Crippen MR) is 156 cm³/mol. The molecular formula is C31H34N4O6S. The zero-order chi connectivity index (χ0) is 29.6.